The topological polar surface area (TPSA) is 301 Å². The van der Waals surface area contributed by atoms with E-state index in [2.05, 4.69) is 44.5 Å². The van der Waals surface area contributed by atoms with E-state index in [1.165, 1.54) is 11.8 Å². The highest BCUT2D eigenvalue weighted by molar-refractivity contribution is 7.80. The maximum absolute atomic E-state index is 12.8. The molecule has 0 radical (unpaired) electrons. The van der Waals surface area contributed by atoms with Gasteiger partial charge in [-0.1, -0.05) is 13.8 Å². The van der Waals surface area contributed by atoms with Crippen LogP contribution in [-0.4, -0.2) is 125 Å². The molecule has 0 aromatic heterocycles. The van der Waals surface area contributed by atoms with Crippen molar-refractivity contribution in [1.82, 2.24) is 36.8 Å². The molecule has 1 fully saturated rings. The van der Waals surface area contributed by atoms with Crippen molar-refractivity contribution in [1.29, 1.82) is 0 Å². The zero-order valence-electron chi connectivity index (χ0n) is 26.5. The Bertz CT molecular complexity index is 1200. The lowest BCUT2D eigenvalue weighted by Crippen LogP contribution is -2.57. The third-order valence-electron chi connectivity index (χ3n) is 6.95. The number of hydrogen-bond donors (Lipinski definition) is 10. The standard InChI is InChI=1S/C27H45N9O10S/c1-13(2)22(26(44)32-9-19(38)30-11-21(40)36-8-4-5-17(36)27(45)46)35-20(39)10-31-24(42)15(6-7-18(29)37)33-25(43)16(12-47)34-23(41)14(3)28/h13-17,22,47H,4-12,28H2,1-3H3,(H2,29,37)(H,30,38)(H,31,42)(H,32,44)(H,33,43)(H,34,41)(H,35,39)(H,45,46)/t14-,15-,16-,17-,22-/m0/s1. The normalized spacial score (nSPS) is 16.6. The molecular weight excluding hydrogens is 642 g/mol. The van der Waals surface area contributed by atoms with E-state index in [1.54, 1.807) is 13.8 Å². The maximum atomic E-state index is 12.8. The molecule has 8 amide bonds. The molecule has 1 heterocycles. The van der Waals surface area contributed by atoms with Gasteiger partial charge in [0.25, 0.3) is 0 Å². The summed E-state index contributed by atoms with van der Waals surface area (Å²) in [4.78, 5) is 111. The molecule has 1 rings (SSSR count). The molecule has 0 aromatic rings. The molecule has 1 aliphatic heterocycles. The summed E-state index contributed by atoms with van der Waals surface area (Å²) in [6.07, 6.45) is 0.326. The summed E-state index contributed by atoms with van der Waals surface area (Å²) in [5.74, 6) is -7.60. The molecule has 11 N–H and O–H groups in total. The van der Waals surface area contributed by atoms with Gasteiger partial charge in [-0.3, -0.25) is 38.4 Å². The SMILES string of the molecule is CC(C)[C@H](NC(=O)CNC(=O)[C@H](CCC(N)=O)NC(=O)[C@H](CS)NC(=O)[C@H](C)N)C(=O)NCC(=O)NCC(=O)N1CCC[C@H]1C(=O)O. The monoisotopic (exact) mass is 687 g/mol. The van der Waals surface area contributed by atoms with Crippen LogP contribution in [0, 0.1) is 5.92 Å². The van der Waals surface area contributed by atoms with Gasteiger partial charge < -0.3 is 53.4 Å². The summed E-state index contributed by atoms with van der Waals surface area (Å²) in [7, 11) is 0. The Kier molecular flexibility index (Phi) is 17.2. The van der Waals surface area contributed by atoms with Crippen LogP contribution in [0.5, 0.6) is 0 Å². The Morgan fingerprint density at radius 3 is 1.96 bits per heavy atom. The molecule has 0 aromatic carbocycles. The zero-order valence-corrected chi connectivity index (χ0v) is 27.4. The molecule has 0 saturated carbocycles. The van der Waals surface area contributed by atoms with Crippen LogP contribution in [0.15, 0.2) is 0 Å². The molecule has 47 heavy (non-hydrogen) atoms. The van der Waals surface area contributed by atoms with E-state index in [1.807, 2.05) is 0 Å². The summed E-state index contributed by atoms with van der Waals surface area (Å²) >= 11 is 4.03. The minimum absolute atomic E-state index is 0.138. The van der Waals surface area contributed by atoms with Gasteiger partial charge >= 0.3 is 5.97 Å². The smallest absolute Gasteiger partial charge is 0.326 e. The Morgan fingerprint density at radius 2 is 1.40 bits per heavy atom. The highest BCUT2D eigenvalue weighted by atomic mass is 32.1. The molecule has 20 heteroatoms. The van der Waals surface area contributed by atoms with Crippen LogP contribution in [0.1, 0.15) is 46.5 Å². The second-order valence-electron chi connectivity index (χ2n) is 11.2. The number of rotatable bonds is 19. The summed E-state index contributed by atoms with van der Waals surface area (Å²) < 4.78 is 0. The first-order valence-corrected chi connectivity index (χ1v) is 15.5. The van der Waals surface area contributed by atoms with Gasteiger partial charge in [0.15, 0.2) is 0 Å². The van der Waals surface area contributed by atoms with Crippen molar-refractivity contribution in [3.8, 4) is 0 Å². The van der Waals surface area contributed by atoms with Crippen LogP contribution in [0.4, 0.5) is 0 Å². The van der Waals surface area contributed by atoms with Gasteiger partial charge in [0.1, 0.15) is 24.2 Å². The number of nitrogens with two attached hydrogens (primary N) is 2. The van der Waals surface area contributed by atoms with E-state index >= 15 is 0 Å². The van der Waals surface area contributed by atoms with Gasteiger partial charge in [-0.15, -0.1) is 0 Å². The fourth-order valence-electron chi connectivity index (χ4n) is 4.31. The second-order valence-corrected chi connectivity index (χ2v) is 11.5. The third-order valence-corrected chi connectivity index (χ3v) is 7.31. The number of nitrogens with zero attached hydrogens (tertiary/aromatic N) is 1. The lowest BCUT2D eigenvalue weighted by molar-refractivity contribution is -0.148. The van der Waals surface area contributed by atoms with Crippen molar-refractivity contribution in [2.75, 3.05) is 31.9 Å². The van der Waals surface area contributed by atoms with Crippen LogP contribution in [0.2, 0.25) is 0 Å². The zero-order chi connectivity index (χ0) is 35.8. The molecule has 0 unspecified atom stereocenters. The van der Waals surface area contributed by atoms with Gasteiger partial charge in [-0.25, -0.2) is 4.79 Å². The van der Waals surface area contributed by atoms with Gasteiger partial charge in [0.2, 0.25) is 47.3 Å². The van der Waals surface area contributed by atoms with E-state index in [4.69, 9.17) is 11.5 Å². The lowest BCUT2D eigenvalue weighted by atomic mass is 10.0. The average Bonchev–Trinajstić information content (AvgIpc) is 3.51. The lowest BCUT2D eigenvalue weighted by Gasteiger charge is -2.24. The van der Waals surface area contributed by atoms with Gasteiger partial charge in [-0.2, -0.15) is 12.6 Å². The van der Waals surface area contributed by atoms with Gasteiger partial charge in [0.05, 0.1) is 25.7 Å². The number of carbonyl (C=O) groups is 9. The molecule has 0 bridgehead atoms. The van der Waals surface area contributed by atoms with Crippen LogP contribution in [0.25, 0.3) is 0 Å². The predicted molar refractivity (Wildman–Crippen MR) is 168 cm³/mol. The quantitative estimate of drug-likeness (QED) is 0.0574. The second kappa shape index (κ2) is 19.9. The molecule has 0 aliphatic carbocycles. The Morgan fingerprint density at radius 1 is 0.809 bits per heavy atom. The fraction of sp³-hybridized carbons (Fsp3) is 0.667. The van der Waals surface area contributed by atoms with E-state index in [0.717, 1.165) is 0 Å². The number of hydrogen-bond acceptors (Lipinski definition) is 11. The number of primary amides is 1. The summed E-state index contributed by atoms with van der Waals surface area (Å²) in [6.45, 7) is 3.27. The molecule has 1 saturated heterocycles. The molecular formula is C27H45N9O10S. The molecule has 264 valence electrons. The fourth-order valence-corrected chi connectivity index (χ4v) is 4.57. The van der Waals surface area contributed by atoms with E-state index < -0.39 is 109 Å². The highest BCUT2D eigenvalue weighted by Gasteiger charge is 2.34. The predicted octanol–water partition coefficient (Wildman–Crippen LogP) is -4.94. The number of nitrogens with one attached hydrogen (secondary N) is 6. The van der Waals surface area contributed by atoms with Crippen molar-refractivity contribution in [3.05, 3.63) is 0 Å². The first kappa shape index (κ1) is 40.6. The molecule has 19 nitrogen and oxygen atoms in total. The number of likely N-dealkylation sites (tertiary alicyclic amines) is 1. The Balaban J connectivity index is 2.68. The number of carbonyl (C=O) groups excluding carboxylic acids is 8. The Labute approximate surface area is 276 Å². The third kappa shape index (κ3) is 14.2. The number of carboxylic acid groups (broad SMARTS) is 1. The average molecular weight is 688 g/mol. The van der Waals surface area contributed by atoms with E-state index in [0.29, 0.717) is 12.8 Å². The first-order valence-electron chi connectivity index (χ1n) is 14.9. The summed E-state index contributed by atoms with van der Waals surface area (Å²) in [5, 5.41) is 23.4. The van der Waals surface area contributed by atoms with Crippen molar-refractivity contribution in [2.24, 2.45) is 17.4 Å². The Hall–Kier alpha value is -4.46. The maximum Gasteiger partial charge on any atom is 0.326 e. The number of amides is 8. The van der Waals surface area contributed by atoms with Gasteiger partial charge in [0, 0.05) is 18.7 Å². The summed E-state index contributed by atoms with van der Waals surface area (Å²) in [5.41, 5.74) is 10.7. The number of thiol groups is 1. The minimum Gasteiger partial charge on any atom is -0.480 e. The van der Waals surface area contributed by atoms with Crippen LogP contribution < -0.4 is 43.4 Å². The van der Waals surface area contributed by atoms with Crippen LogP contribution in [0.3, 0.4) is 0 Å². The van der Waals surface area contributed by atoms with E-state index in [9.17, 15) is 48.3 Å². The molecule has 5 atom stereocenters. The highest BCUT2D eigenvalue weighted by Crippen LogP contribution is 2.17. The van der Waals surface area contributed by atoms with Gasteiger partial charge in [-0.05, 0) is 32.1 Å². The molecule has 0 spiro atoms. The van der Waals surface area contributed by atoms with Crippen molar-refractivity contribution < 1.29 is 48.3 Å². The largest absolute Gasteiger partial charge is 0.480 e. The first-order chi connectivity index (χ1) is 22.0. The van der Waals surface area contributed by atoms with E-state index in [-0.39, 0.29) is 25.1 Å². The van der Waals surface area contributed by atoms with Crippen molar-refractivity contribution in [2.45, 2.75) is 76.7 Å². The van der Waals surface area contributed by atoms with Crippen LogP contribution >= 0.6 is 12.6 Å². The van der Waals surface area contributed by atoms with Crippen molar-refractivity contribution >= 4 is 65.9 Å². The number of aliphatic carboxylic acids is 1. The summed E-state index contributed by atoms with van der Waals surface area (Å²) in [6, 6.07) is -5.50. The molecule has 1 aliphatic rings. The number of carboxylic acids is 1. The van der Waals surface area contributed by atoms with Crippen LogP contribution in [-0.2, 0) is 43.2 Å². The van der Waals surface area contributed by atoms with Crippen molar-refractivity contribution in [3.63, 3.8) is 0 Å². The minimum atomic E-state index is -1.33.